The molecule has 0 N–H and O–H groups in total. The summed E-state index contributed by atoms with van der Waals surface area (Å²) in [4.78, 5) is 3.01. The first-order valence-electron chi connectivity index (χ1n) is 5.01. The van der Waals surface area contributed by atoms with E-state index in [4.69, 9.17) is 0 Å². The monoisotopic (exact) mass is 283 g/mol. The topological polar surface area (TPSA) is 37.4 Å². The molecule has 1 rings (SSSR count). The second-order valence-electron chi connectivity index (χ2n) is 4.00. The molecule has 14 heavy (non-hydrogen) atoms. The number of hydrogen-bond donors (Lipinski definition) is 0. The van der Waals surface area contributed by atoms with Gasteiger partial charge in [-0.3, -0.25) is 0 Å². The van der Waals surface area contributed by atoms with Gasteiger partial charge < -0.3 is 4.90 Å². The minimum Gasteiger partial charge on any atom is -0.303 e. The molecule has 0 amide bonds. The van der Waals surface area contributed by atoms with E-state index in [1.165, 1.54) is 19.1 Å². The summed E-state index contributed by atoms with van der Waals surface area (Å²) in [5.74, 6) is 0.321. The van der Waals surface area contributed by atoms with Gasteiger partial charge in [-0.2, -0.15) is 0 Å². The second kappa shape index (κ2) is 5.47. The molecular formula is C9H18BrNO2S. The van der Waals surface area contributed by atoms with Crippen molar-refractivity contribution in [3.8, 4) is 0 Å². The average molecular weight is 284 g/mol. The predicted octanol–water partition coefficient (Wildman–Crippen LogP) is 1.28. The Labute approximate surface area is 94.9 Å². The zero-order chi connectivity index (χ0) is 10.6. The Morgan fingerprint density at radius 3 is 2.43 bits per heavy atom. The lowest BCUT2D eigenvalue weighted by molar-refractivity contribution is 0.235. The molecule has 84 valence electrons. The van der Waals surface area contributed by atoms with E-state index in [0.717, 1.165) is 26.1 Å². The Kier molecular flexibility index (Phi) is 4.87. The van der Waals surface area contributed by atoms with E-state index in [0.29, 0.717) is 10.6 Å². The molecule has 0 aromatic heterocycles. The van der Waals surface area contributed by atoms with Crippen molar-refractivity contribution in [2.75, 3.05) is 31.6 Å². The van der Waals surface area contributed by atoms with E-state index in [2.05, 4.69) is 20.8 Å². The molecule has 0 aromatic rings. The summed E-state index contributed by atoms with van der Waals surface area (Å²) < 4.78 is 21.8. The standard InChI is InChI=1S/C9H18BrNO2S/c1-14(12,13)8-2-5-11-6-3-9(10)4-7-11/h9H,2-8H2,1H3. The molecule has 0 atom stereocenters. The Morgan fingerprint density at radius 2 is 1.93 bits per heavy atom. The maximum Gasteiger partial charge on any atom is 0.147 e. The Morgan fingerprint density at radius 1 is 1.36 bits per heavy atom. The van der Waals surface area contributed by atoms with Crippen LogP contribution in [-0.4, -0.2) is 49.8 Å². The molecule has 1 aliphatic rings. The molecular weight excluding hydrogens is 266 g/mol. The molecule has 5 heteroatoms. The Balaban J connectivity index is 2.14. The van der Waals surface area contributed by atoms with E-state index in [9.17, 15) is 8.42 Å². The molecule has 3 nitrogen and oxygen atoms in total. The summed E-state index contributed by atoms with van der Waals surface area (Å²) in [6.07, 6.45) is 4.43. The van der Waals surface area contributed by atoms with Gasteiger partial charge in [0.15, 0.2) is 0 Å². The van der Waals surface area contributed by atoms with Gasteiger partial charge in [-0.15, -0.1) is 0 Å². The maximum absolute atomic E-state index is 10.9. The third kappa shape index (κ3) is 5.32. The lowest BCUT2D eigenvalue weighted by atomic mass is 10.1. The molecule has 1 heterocycles. The zero-order valence-electron chi connectivity index (χ0n) is 8.58. The molecule has 1 fully saturated rings. The summed E-state index contributed by atoms with van der Waals surface area (Å²) >= 11 is 3.59. The molecule has 0 bridgehead atoms. The SMILES string of the molecule is CS(=O)(=O)CCCN1CCC(Br)CC1. The molecule has 0 aromatic carbocycles. The van der Waals surface area contributed by atoms with E-state index >= 15 is 0 Å². The summed E-state index contributed by atoms with van der Waals surface area (Å²) in [6.45, 7) is 3.12. The van der Waals surface area contributed by atoms with E-state index in [1.54, 1.807) is 0 Å². The molecule has 0 unspecified atom stereocenters. The predicted molar refractivity (Wildman–Crippen MR) is 62.7 cm³/mol. The number of piperidine rings is 1. The average Bonchev–Trinajstić information content (AvgIpc) is 2.06. The van der Waals surface area contributed by atoms with Crippen molar-refractivity contribution >= 4 is 25.8 Å². The van der Waals surface area contributed by atoms with Crippen LogP contribution in [0.25, 0.3) is 0 Å². The fourth-order valence-electron chi connectivity index (χ4n) is 1.68. The molecule has 0 saturated carbocycles. The normalized spacial score (nSPS) is 21.3. The van der Waals surface area contributed by atoms with Gasteiger partial charge in [0.25, 0.3) is 0 Å². The summed E-state index contributed by atoms with van der Waals surface area (Å²) in [7, 11) is -2.77. The quantitative estimate of drug-likeness (QED) is 0.730. The van der Waals surface area contributed by atoms with Crippen LogP contribution in [0.5, 0.6) is 0 Å². The third-order valence-electron chi connectivity index (χ3n) is 2.51. The number of sulfone groups is 1. The lowest BCUT2D eigenvalue weighted by Crippen LogP contribution is -2.35. The van der Waals surface area contributed by atoms with Crippen molar-refractivity contribution < 1.29 is 8.42 Å². The van der Waals surface area contributed by atoms with Crippen molar-refractivity contribution in [2.45, 2.75) is 24.1 Å². The number of alkyl halides is 1. The number of hydrogen-bond acceptors (Lipinski definition) is 3. The smallest absolute Gasteiger partial charge is 0.147 e. The first-order chi connectivity index (χ1) is 6.47. The number of likely N-dealkylation sites (tertiary alicyclic amines) is 1. The van der Waals surface area contributed by atoms with Gasteiger partial charge in [0.2, 0.25) is 0 Å². The van der Waals surface area contributed by atoms with Gasteiger partial charge in [0, 0.05) is 11.1 Å². The summed E-state index contributed by atoms with van der Waals surface area (Å²) in [5, 5.41) is 0. The van der Waals surface area contributed by atoms with E-state index in [1.807, 2.05) is 0 Å². The van der Waals surface area contributed by atoms with E-state index < -0.39 is 9.84 Å². The van der Waals surface area contributed by atoms with Gasteiger partial charge in [-0.1, -0.05) is 15.9 Å². The first-order valence-corrected chi connectivity index (χ1v) is 7.99. The minimum atomic E-state index is -2.77. The van der Waals surface area contributed by atoms with Crippen molar-refractivity contribution in [3.05, 3.63) is 0 Å². The molecule has 0 radical (unpaired) electrons. The van der Waals surface area contributed by atoms with Crippen molar-refractivity contribution in [1.82, 2.24) is 4.90 Å². The van der Waals surface area contributed by atoms with Crippen LogP contribution in [-0.2, 0) is 9.84 Å². The zero-order valence-corrected chi connectivity index (χ0v) is 11.0. The number of nitrogens with zero attached hydrogens (tertiary/aromatic N) is 1. The Hall–Kier alpha value is 0.390. The van der Waals surface area contributed by atoms with Crippen LogP contribution < -0.4 is 0 Å². The molecule has 1 saturated heterocycles. The van der Waals surface area contributed by atoms with Crippen LogP contribution in [0.4, 0.5) is 0 Å². The summed E-state index contributed by atoms with van der Waals surface area (Å²) in [5.41, 5.74) is 0. The third-order valence-corrected chi connectivity index (χ3v) is 4.45. The minimum absolute atomic E-state index is 0.321. The Bertz CT molecular complexity index is 258. The van der Waals surface area contributed by atoms with Crippen LogP contribution in [0.15, 0.2) is 0 Å². The highest BCUT2D eigenvalue weighted by Crippen LogP contribution is 2.17. The highest BCUT2D eigenvalue weighted by atomic mass is 79.9. The fourth-order valence-corrected chi connectivity index (χ4v) is 2.74. The fraction of sp³-hybridized carbons (Fsp3) is 1.00. The van der Waals surface area contributed by atoms with Gasteiger partial charge in [0.05, 0.1) is 5.75 Å². The van der Waals surface area contributed by atoms with Crippen LogP contribution in [0.1, 0.15) is 19.3 Å². The maximum atomic E-state index is 10.9. The van der Waals surface area contributed by atoms with Gasteiger partial charge in [-0.05, 0) is 38.9 Å². The van der Waals surface area contributed by atoms with Crippen molar-refractivity contribution in [3.63, 3.8) is 0 Å². The van der Waals surface area contributed by atoms with E-state index in [-0.39, 0.29) is 0 Å². The van der Waals surface area contributed by atoms with Crippen LogP contribution in [0.2, 0.25) is 0 Å². The lowest BCUT2D eigenvalue weighted by Gasteiger charge is -2.29. The molecule has 0 spiro atoms. The molecule has 1 aliphatic heterocycles. The van der Waals surface area contributed by atoms with Gasteiger partial charge >= 0.3 is 0 Å². The van der Waals surface area contributed by atoms with Crippen LogP contribution in [0.3, 0.4) is 0 Å². The largest absolute Gasteiger partial charge is 0.303 e. The summed E-state index contributed by atoms with van der Waals surface area (Å²) in [6, 6.07) is 0. The van der Waals surface area contributed by atoms with Crippen molar-refractivity contribution in [1.29, 1.82) is 0 Å². The highest BCUT2D eigenvalue weighted by Gasteiger charge is 2.16. The molecule has 0 aliphatic carbocycles. The second-order valence-corrected chi connectivity index (χ2v) is 7.55. The van der Waals surface area contributed by atoms with Crippen molar-refractivity contribution in [2.24, 2.45) is 0 Å². The first kappa shape index (κ1) is 12.5. The van der Waals surface area contributed by atoms with Gasteiger partial charge in [-0.25, -0.2) is 8.42 Å². The number of rotatable bonds is 4. The number of halogens is 1. The highest BCUT2D eigenvalue weighted by molar-refractivity contribution is 9.09. The van der Waals surface area contributed by atoms with Crippen LogP contribution >= 0.6 is 15.9 Å². The van der Waals surface area contributed by atoms with Gasteiger partial charge in [0.1, 0.15) is 9.84 Å². The van der Waals surface area contributed by atoms with Crippen LogP contribution in [0, 0.1) is 0 Å².